The summed E-state index contributed by atoms with van der Waals surface area (Å²) in [4.78, 5) is 18.5. The third-order valence-corrected chi connectivity index (χ3v) is 5.18. The second kappa shape index (κ2) is 7.97. The molecule has 1 fully saturated rings. The zero-order chi connectivity index (χ0) is 18.7. The number of nitrogens with zero attached hydrogens (tertiary/aromatic N) is 2. The molecule has 1 heterocycles. The van der Waals surface area contributed by atoms with Crippen LogP contribution in [0.5, 0.6) is 0 Å². The van der Waals surface area contributed by atoms with E-state index in [0.717, 1.165) is 12.1 Å². The Labute approximate surface area is 160 Å². The molecule has 7 heteroatoms. The Hall–Kier alpha value is -2.25. The zero-order valence-electron chi connectivity index (χ0n) is 14.1. The van der Waals surface area contributed by atoms with Crippen LogP contribution in [0.2, 0.25) is 0 Å². The van der Waals surface area contributed by atoms with Gasteiger partial charge in [0.2, 0.25) is 0 Å². The lowest BCUT2D eigenvalue weighted by molar-refractivity contribution is -0.121. The predicted octanol–water partition coefficient (Wildman–Crippen LogP) is 2.60. The summed E-state index contributed by atoms with van der Waals surface area (Å²) in [6, 6.07) is 14.9. The Morgan fingerprint density at radius 1 is 1.19 bits per heavy atom. The van der Waals surface area contributed by atoms with E-state index >= 15 is 0 Å². The van der Waals surface area contributed by atoms with Crippen LogP contribution in [0.25, 0.3) is 0 Å². The van der Waals surface area contributed by atoms with Crippen molar-refractivity contribution in [2.45, 2.75) is 12.5 Å². The van der Waals surface area contributed by atoms with Crippen LogP contribution in [0.1, 0.15) is 17.0 Å². The molecule has 5 nitrogen and oxygen atoms in total. The van der Waals surface area contributed by atoms with Gasteiger partial charge in [0, 0.05) is 25.6 Å². The van der Waals surface area contributed by atoms with E-state index in [9.17, 15) is 9.18 Å². The summed E-state index contributed by atoms with van der Waals surface area (Å²) in [5, 5.41) is 0. The number of rotatable bonds is 4. The molecule has 2 aromatic carbocycles. The van der Waals surface area contributed by atoms with E-state index in [1.165, 1.54) is 11.6 Å². The van der Waals surface area contributed by atoms with Crippen molar-refractivity contribution in [3.8, 4) is 0 Å². The van der Waals surface area contributed by atoms with Gasteiger partial charge in [-0.15, -0.1) is 0 Å². The van der Waals surface area contributed by atoms with Crippen molar-refractivity contribution in [1.29, 1.82) is 0 Å². The maximum absolute atomic E-state index is 13.6. The standard InChI is InChI=1S/C19H20BrFN4O/c20-16-8-13(6-7-17(16)21)14-10-25(9-12-4-2-1-3-5-12)11-15(14)18(26)24-19(22)23/h1-8,14-15H,9-11H2,(H4,22,23,24,26)/t14-,15+/m1/s1. The Morgan fingerprint density at radius 2 is 1.92 bits per heavy atom. The molecule has 1 aliphatic heterocycles. The Morgan fingerprint density at radius 3 is 2.58 bits per heavy atom. The molecule has 1 aliphatic rings. The number of carbonyl (C=O) groups excluding carboxylic acids is 1. The number of halogens is 2. The van der Waals surface area contributed by atoms with E-state index < -0.39 is 0 Å². The van der Waals surface area contributed by atoms with Gasteiger partial charge in [-0.2, -0.15) is 4.99 Å². The molecule has 2 atom stereocenters. The van der Waals surface area contributed by atoms with Crippen molar-refractivity contribution in [2.75, 3.05) is 13.1 Å². The molecule has 3 rings (SSSR count). The SMILES string of the molecule is NC(N)=NC(=O)[C@H]1CN(Cc2ccccc2)C[C@@H]1c1ccc(F)c(Br)c1. The van der Waals surface area contributed by atoms with Gasteiger partial charge >= 0.3 is 0 Å². The number of hydrogen-bond acceptors (Lipinski definition) is 2. The van der Waals surface area contributed by atoms with Crippen molar-refractivity contribution in [2.24, 2.45) is 22.4 Å². The van der Waals surface area contributed by atoms with Crippen molar-refractivity contribution in [3.05, 3.63) is 69.9 Å². The van der Waals surface area contributed by atoms with Crippen LogP contribution in [0, 0.1) is 11.7 Å². The van der Waals surface area contributed by atoms with Gasteiger partial charge in [0.05, 0.1) is 10.4 Å². The molecule has 136 valence electrons. The van der Waals surface area contributed by atoms with E-state index in [-0.39, 0.29) is 29.5 Å². The van der Waals surface area contributed by atoms with Crippen LogP contribution >= 0.6 is 15.9 Å². The molecular weight excluding hydrogens is 399 g/mol. The minimum absolute atomic E-state index is 0.105. The van der Waals surface area contributed by atoms with Crippen LogP contribution in [0.4, 0.5) is 4.39 Å². The largest absolute Gasteiger partial charge is 0.370 e. The van der Waals surface area contributed by atoms with Gasteiger partial charge in [0.25, 0.3) is 5.91 Å². The van der Waals surface area contributed by atoms with E-state index in [0.29, 0.717) is 17.6 Å². The minimum atomic E-state index is -0.377. The molecule has 2 aromatic rings. The van der Waals surface area contributed by atoms with Gasteiger partial charge in [-0.25, -0.2) is 4.39 Å². The maximum Gasteiger partial charge on any atom is 0.253 e. The van der Waals surface area contributed by atoms with Crippen LogP contribution in [-0.4, -0.2) is 29.9 Å². The van der Waals surface area contributed by atoms with Crippen molar-refractivity contribution < 1.29 is 9.18 Å². The molecular formula is C19H20BrFN4O. The second-order valence-electron chi connectivity index (χ2n) is 6.44. The number of likely N-dealkylation sites (tertiary alicyclic amines) is 1. The van der Waals surface area contributed by atoms with Crippen molar-refractivity contribution in [3.63, 3.8) is 0 Å². The summed E-state index contributed by atoms with van der Waals surface area (Å²) >= 11 is 3.22. The minimum Gasteiger partial charge on any atom is -0.370 e. The smallest absolute Gasteiger partial charge is 0.253 e. The molecule has 4 N–H and O–H groups in total. The normalized spacial score (nSPS) is 20.1. The quantitative estimate of drug-likeness (QED) is 0.590. The number of benzene rings is 2. The Kier molecular flexibility index (Phi) is 5.68. The van der Waals surface area contributed by atoms with Crippen LogP contribution in [0.15, 0.2) is 58.0 Å². The molecule has 1 saturated heterocycles. The molecule has 0 saturated carbocycles. The van der Waals surface area contributed by atoms with Crippen molar-refractivity contribution >= 4 is 27.8 Å². The second-order valence-corrected chi connectivity index (χ2v) is 7.30. The number of carbonyl (C=O) groups is 1. The zero-order valence-corrected chi connectivity index (χ0v) is 15.7. The van der Waals surface area contributed by atoms with Crippen LogP contribution in [0.3, 0.4) is 0 Å². The lowest BCUT2D eigenvalue weighted by Crippen LogP contribution is -2.28. The fourth-order valence-corrected chi connectivity index (χ4v) is 3.79. The number of guanidine groups is 1. The molecule has 0 aliphatic carbocycles. The average molecular weight is 419 g/mol. The maximum atomic E-state index is 13.6. The summed E-state index contributed by atoms with van der Waals surface area (Å²) in [5.41, 5.74) is 12.8. The molecule has 0 radical (unpaired) electrons. The van der Waals surface area contributed by atoms with Crippen LogP contribution in [-0.2, 0) is 11.3 Å². The van der Waals surface area contributed by atoms with Gasteiger partial charge in [-0.05, 0) is 39.2 Å². The Balaban J connectivity index is 1.86. The first-order valence-corrected chi connectivity index (χ1v) is 9.08. The Bertz CT molecular complexity index is 824. The molecule has 0 unspecified atom stereocenters. The summed E-state index contributed by atoms with van der Waals surface area (Å²) in [5.74, 6) is -1.40. The highest BCUT2D eigenvalue weighted by molar-refractivity contribution is 9.10. The monoisotopic (exact) mass is 418 g/mol. The lowest BCUT2D eigenvalue weighted by atomic mass is 9.88. The molecule has 26 heavy (non-hydrogen) atoms. The lowest BCUT2D eigenvalue weighted by Gasteiger charge is -2.17. The highest BCUT2D eigenvalue weighted by Crippen LogP contribution is 2.36. The van der Waals surface area contributed by atoms with Gasteiger partial charge < -0.3 is 11.5 Å². The van der Waals surface area contributed by atoms with Gasteiger partial charge in [0.15, 0.2) is 5.96 Å². The highest BCUT2D eigenvalue weighted by atomic mass is 79.9. The van der Waals surface area contributed by atoms with Gasteiger partial charge in [0.1, 0.15) is 5.82 Å². The van der Waals surface area contributed by atoms with Crippen LogP contribution < -0.4 is 11.5 Å². The number of aliphatic imine (C=N–C) groups is 1. The number of nitrogens with two attached hydrogens (primary N) is 2. The van der Waals surface area contributed by atoms with Gasteiger partial charge in [-0.3, -0.25) is 9.69 Å². The summed E-state index contributed by atoms with van der Waals surface area (Å²) in [7, 11) is 0. The van der Waals surface area contributed by atoms with E-state index in [4.69, 9.17) is 11.5 Å². The van der Waals surface area contributed by atoms with Gasteiger partial charge in [-0.1, -0.05) is 36.4 Å². The first-order chi connectivity index (χ1) is 12.4. The summed E-state index contributed by atoms with van der Waals surface area (Å²) in [6.45, 7) is 1.94. The molecule has 0 spiro atoms. The van der Waals surface area contributed by atoms with E-state index in [1.54, 1.807) is 12.1 Å². The topological polar surface area (TPSA) is 84.7 Å². The average Bonchev–Trinajstić information content (AvgIpc) is 3.01. The molecule has 1 amide bonds. The van der Waals surface area contributed by atoms with E-state index in [2.05, 4.69) is 38.0 Å². The van der Waals surface area contributed by atoms with Crippen molar-refractivity contribution in [1.82, 2.24) is 4.90 Å². The highest BCUT2D eigenvalue weighted by Gasteiger charge is 2.38. The fraction of sp³-hybridized carbons (Fsp3) is 0.263. The predicted molar refractivity (Wildman–Crippen MR) is 103 cm³/mol. The first kappa shape index (κ1) is 18.5. The number of hydrogen-bond donors (Lipinski definition) is 2. The fourth-order valence-electron chi connectivity index (χ4n) is 3.40. The first-order valence-electron chi connectivity index (χ1n) is 8.28. The summed E-state index contributed by atoms with van der Waals surface area (Å²) in [6.07, 6.45) is 0. The number of amides is 1. The third kappa shape index (κ3) is 4.28. The van der Waals surface area contributed by atoms with E-state index in [1.807, 2.05) is 18.2 Å². The molecule has 0 aromatic heterocycles. The third-order valence-electron chi connectivity index (χ3n) is 4.57. The summed E-state index contributed by atoms with van der Waals surface area (Å²) < 4.78 is 14.0. The molecule has 0 bridgehead atoms.